The molecule has 7 nitrogen and oxygen atoms in total. The Kier molecular flexibility index (Phi) is 3.42. The Balaban J connectivity index is 2.16. The minimum atomic E-state index is -1.07. The zero-order valence-electron chi connectivity index (χ0n) is 10.8. The van der Waals surface area contributed by atoms with Crippen LogP contribution < -0.4 is 4.90 Å². The van der Waals surface area contributed by atoms with Crippen molar-refractivity contribution in [2.75, 3.05) is 31.2 Å². The van der Waals surface area contributed by atoms with E-state index in [1.807, 2.05) is 4.90 Å². The smallest absolute Gasteiger partial charge is 0.355 e. The summed E-state index contributed by atoms with van der Waals surface area (Å²) >= 11 is 0. The van der Waals surface area contributed by atoms with Crippen LogP contribution in [-0.4, -0.2) is 52.3 Å². The van der Waals surface area contributed by atoms with E-state index in [0.29, 0.717) is 36.5 Å². The van der Waals surface area contributed by atoms with Gasteiger partial charge in [0.15, 0.2) is 5.69 Å². The Hall–Kier alpha value is -2.28. The fourth-order valence-electron chi connectivity index (χ4n) is 2.35. The van der Waals surface area contributed by atoms with Gasteiger partial charge in [0.1, 0.15) is 12.1 Å². The summed E-state index contributed by atoms with van der Waals surface area (Å²) in [4.78, 5) is 25.7. The molecule has 0 aromatic carbocycles. The minimum Gasteiger partial charge on any atom is -0.476 e. The molecular formula is C13H14N4O3. The van der Waals surface area contributed by atoms with Gasteiger partial charge in [0.05, 0.1) is 17.5 Å². The molecule has 104 valence electrons. The summed E-state index contributed by atoms with van der Waals surface area (Å²) in [5.41, 5.74) is 0.579. The number of pyridine rings is 1. The van der Waals surface area contributed by atoms with Crippen molar-refractivity contribution in [3.05, 3.63) is 24.3 Å². The quantitative estimate of drug-likeness (QED) is 0.872. The highest BCUT2D eigenvalue weighted by Gasteiger charge is 2.20. The molecule has 1 fully saturated rings. The van der Waals surface area contributed by atoms with Crippen LogP contribution in [0.5, 0.6) is 0 Å². The van der Waals surface area contributed by atoms with E-state index in [9.17, 15) is 9.90 Å². The molecule has 0 bridgehead atoms. The molecule has 7 heteroatoms. The molecule has 0 radical (unpaired) electrons. The molecule has 0 unspecified atom stereocenters. The zero-order valence-corrected chi connectivity index (χ0v) is 10.8. The number of anilines is 1. The topological polar surface area (TPSA) is 88.4 Å². The number of carboxylic acid groups (broad SMARTS) is 1. The molecule has 2 aromatic heterocycles. The summed E-state index contributed by atoms with van der Waals surface area (Å²) in [5.74, 6) is -0.455. The summed E-state index contributed by atoms with van der Waals surface area (Å²) in [6, 6.07) is 1.70. The van der Waals surface area contributed by atoms with E-state index in [1.165, 1.54) is 12.5 Å². The van der Waals surface area contributed by atoms with Gasteiger partial charge in [-0.2, -0.15) is 0 Å². The molecule has 1 aliphatic rings. The molecule has 0 aliphatic carbocycles. The lowest BCUT2D eigenvalue weighted by Crippen LogP contribution is -2.27. The molecule has 3 rings (SSSR count). The summed E-state index contributed by atoms with van der Waals surface area (Å²) < 4.78 is 5.42. The van der Waals surface area contributed by atoms with Crippen LogP contribution in [0.1, 0.15) is 16.9 Å². The lowest BCUT2D eigenvalue weighted by Gasteiger charge is -2.22. The number of ether oxygens (including phenoxy) is 1. The summed E-state index contributed by atoms with van der Waals surface area (Å²) in [7, 11) is 0. The Morgan fingerprint density at radius 1 is 1.25 bits per heavy atom. The first kappa shape index (κ1) is 12.7. The molecule has 1 N–H and O–H groups in total. The lowest BCUT2D eigenvalue weighted by molar-refractivity contribution is 0.0693. The van der Waals surface area contributed by atoms with E-state index in [1.54, 1.807) is 6.07 Å². The van der Waals surface area contributed by atoms with Crippen molar-refractivity contribution in [1.82, 2.24) is 15.0 Å². The van der Waals surface area contributed by atoms with Crippen molar-refractivity contribution in [2.24, 2.45) is 0 Å². The number of rotatable bonds is 2. The molecule has 0 amide bonds. The van der Waals surface area contributed by atoms with Crippen molar-refractivity contribution >= 4 is 22.7 Å². The first-order valence-corrected chi connectivity index (χ1v) is 6.43. The van der Waals surface area contributed by atoms with E-state index in [-0.39, 0.29) is 5.69 Å². The highest BCUT2D eigenvalue weighted by Crippen LogP contribution is 2.25. The minimum absolute atomic E-state index is 0.0109. The average molecular weight is 274 g/mol. The largest absolute Gasteiger partial charge is 0.476 e. The Morgan fingerprint density at radius 3 is 3.00 bits per heavy atom. The predicted octanol–water partition coefficient (Wildman–Crippen LogP) is 0.950. The molecule has 1 aliphatic heterocycles. The molecule has 0 saturated carbocycles. The maximum absolute atomic E-state index is 11.4. The van der Waals surface area contributed by atoms with Gasteiger partial charge in [-0.25, -0.2) is 19.7 Å². The SMILES string of the molecule is O=C(O)c1nccc2ncnc(N3CCCOCC3)c12. The van der Waals surface area contributed by atoms with Crippen LogP contribution in [0.25, 0.3) is 10.9 Å². The number of hydrogen-bond acceptors (Lipinski definition) is 6. The Labute approximate surface area is 115 Å². The van der Waals surface area contributed by atoms with Crippen LogP contribution in [0.4, 0.5) is 5.82 Å². The second-order valence-electron chi connectivity index (χ2n) is 4.51. The Bertz CT molecular complexity index is 633. The van der Waals surface area contributed by atoms with Crippen molar-refractivity contribution in [3.63, 3.8) is 0 Å². The van der Waals surface area contributed by atoms with Crippen molar-refractivity contribution < 1.29 is 14.6 Å². The zero-order chi connectivity index (χ0) is 13.9. The average Bonchev–Trinajstić information content (AvgIpc) is 2.75. The maximum Gasteiger partial charge on any atom is 0.355 e. The molecule has 1 saturated heterocycles. The van der Waals surface area contributed by atoms with Crippen LogP contribution in [0.2, 0.25) is 0 Å². The molecular weight excluding hydrogens is 260 g/mol. The molecule has 20 heavy (non-hydrogen) atoms. The fourth-order valence-corrected chi connectivity index (χ4v) is 2.35. The van der Waals surface area contributed by atoms with Gasteiger partial charge in [-0.15, -0.1) is 0 Å². The standard InChI is InChI=1S/C13H14N4O3/c18-13(19)11-10-9(2-3-14-11)15-8-16-12(10)17-4-1-6-20-7-5-17/h2-3,8H,1,4-7H2,(H,18,19). The van der Waals surface area contributed by atoms with Crippen LogP contribution in [0.15, 0.2) is 18.6 Å². The van der Waals surface area contributed by atoms with Gasteiger partial charge in [0, 0.05) is 25.9 Å². The number of aromatic carboxylic acids is 1. The van der Waals surface area contributed by atoms with Crippen molar-refractivity contribution in [3.8, 4) is 0 Å². The van der Waals surface area contributed by atoms with E-state index >= 15 is 0 Å². The number of aromatic nitrogens is 3. The fraction of sp³-hybridized carbons (Fsp3) is 0.385. The van der Waals surface area contributed by atoms with Crippen molar-refractivity contribution in [2.45, 2.75) is 6.42 Å². The van der Waals surface area contributed by atoms with Gasteiger partial charge in [-0.3, -0.25) is 0 Å². The van der Waals surface area contributed by atoms with Crippen LogP contribution in [-0.2, 0) is 4.74 Å². The third-order valence-electron chi connectivity index (χ3n) is 3.25. The van der Waals surface area contributed by atoms with Gasteiger partial charge in [0.25, 0.3) is 0 Å². The third kappa shape index (κ3) is 2.27. The number of hydrogen-bond donors (Lipinski definition) is 1. The lowest BCUT2D eigenvalue weighted by atomic mass is 10.2. The first-order valence-electron chi connectivity index (χ1n) is 6.43. The normalized spacial score (nSPS) is 16.1. The summed E-state index contributed by atoms with van der Waals surface area (Å²) in [5, 5.41) is 9.79. The van der Waals surface area contributed by atoms with Gasteiger partial charge in [-0.1, -0.05) is 0 Å². The second kappa shape index (κ2) is 5.38. The second-order valence-corrected chi connectivity index (χ2v) is 4.51. The summed E-state index contributed by atoms with van der Waals surface area (Å²) in [6.07, 6.45) is 3.79. The number of carbonyl (C=O) groups is 1. The predicted molar refractivity (Wildman–Crippen MR) is 71.9 cm³/mol. The van der Waals surface area contributed by atoms with Crippen LogP contribution in [0.3, 0.4) is 0 Å². The number of carboxylic acids is 1. The van der Waals surface area contributed by atoms with Gasteiger partial charge in [0.2, 0.25) is 0 Å². The molecule has 0 atom stereocenters. The number of fused-ring (bicyclic) bond motifs is 1. The van der Waals surface area contributed by atoms with Gasteiger partial charge < -0.3 is 14.7 Å². The molecule has 2 aromatic rings. The van der Waals surface area contributed by atoms with Gasteiger partial charge >= 0.3 is 5.97 Å². The van der Waals surface area contributed by atoms with Crippen LogP contribution in [0, 0.1) is 0 Å². The van der Waals surface area contributed by atoms with E-state index < -0.39 is 5.97 Å². The van der Waals surface area contributed by atoms with E-state index in [2.05, 4.69) is 15.0 Å². The highest BCUT2D eigenvalue weighted by atomic mass is 16.5. The molecule has 0 spiro atoms. The van der Waals surface area contributed by atoms with Gasteiger partial charge in [-0.05, 0) is 12.5 Å². The maximum atomic E-state index is 11.4. The molecule has 3 heterocycles. The van der Waals surface area contributed by atoms with E-state index in [0.717, 1.165) is 13.0 Å². The van der Waals surface area contributed by atoms with Crippen molar-refractivity contribution in [1.29, 1.82) is 0 Å². The first-order chi connectivity index (χ1) is 9.77. The highest BCUT2D eigenvalue weighted by molar-refractivity contribution is 6.05. The summed E-state index contributed by atoms with van der Waals surface area (Å²) in [6.45, 7) is 2.78. The monoisotopic (exact) mass is 274 g/mol. The van der Waals surface area contributed by atoms with Crippen LogP contribution >= 0.6 is 0 Å². The Morgan fingerprint density at radius 2 is 2.15 bits per heavy atom. The number of nitrogens with zero attached hydrogens (tertiary/aromatic N) is 4. The third-order valence-corrected chi connectivity index (χ3v) is 3.25. The van der Waals surface area contributed by atoms with E-state index in [4.69, 9.17) is 4.74 Å².